The maximum absolute atomic E-state index is 13.5. The second-order valence-corrected chi connectivity index (χ2v) is 9.59. The number of nitrogens with one attached hydrogen (secondary N) is 2. The number of amides is 4. The number of rotatable bonds is 7. The molecule has 3 rings (SSSR count). The van der Waals surface area contributed by atoms with Gasteiger partial charge in [0.05, 0.1) is 24.5 Å². The van der Waals surface area contributed by atoms with E-state index in [9.17, 15) is 29.1 Å². The summed E-state index contributed by atoms with van der Waals surface area (Å²) in [5.74, 6) is -4.88. The third kappa shape index (κ3) is 4.23. The van der Waals surface area contributed by atoms with Gasteiger partial charge in [0.2, 0.25) is 11.8 Å². The summed E-state index contributed by atoms with van der Waals surface area (Å²) < 4.78 is 4.71. The van der Waals surface area contributed by atoms with E-state index in [1.807, 2.05) is 0 Å². The van der Waals surface area contributed by atoms with Crippen molar-refractivity contribution in [1.82, 2.24) is 15.5 Å². The Labute approximate surface area is 197 Å². The Morgan fingerprint density at radius 3 is 2.29 bits per heavy atom. The SMILES string of the molecule is COC(=O)c1ccc(C2NC(CCCNC(N)=O)(C(=O)O)C3C(=O)N(C(C)(C)C)C(=O)C23)cc1. The molecule has 4 atom stereocenters. The Kier molecular flexibility index (Phi) is 6.70. The quantitative estimate of drug-likeness (QED) is 0.255. The van der Waals surface area contributed by atoms with Crippen molar-refractivity contribution in [2.75, 3.05) is 13.7 Å². The van der Waals surface area contributed by atoms with Gasteiger partial charge in [0.1, 0.15) is 5.54 Å². The highest BCUT2D eigenvalue weighted by molar-refractivity contribution is 6.10. The zero-order valence-corrected chi connectivity index (χ0v) is 19.6. The van der Waals surface area contributed by atoms with E-state index in [2.05, 4.69) is 10.6 Å². The van der Waals surface area contributed by atoms with Crippen molar-refractivity contribution in [1.29, 1.82) is 0 Å². The van der Waals surface area contributed by atoms with Crippen LogP contribution in [0.15, 0.2) is 24.3 Å². The second-order valence-electron chi connectivity index (χ2n) is 9.59. The molecule has 1 aromatic rings. The fourth-order valence-electron chi connectivity index (χ4n) is 5.01. The average molecular weight is 475 g/mol. The van der Waals surface area contributed by atoms with E-state index in [1.54, 1.807) is 32.9 Å². The number of ether oxygens (including phenoxy) is 1. The molecule has 4 unspecified atom stereocenters. The monoisotopic (exact) mass is 474 g/mol. The Morgan fingerprint density at radius 2 is 1.79 bits per heavy atom. The Hall–Kier alpha value is -3.47. The topological polar surface area (TPSA) is 168 Å². The molecule has 34 heavy (non-hydrogen) atoms. The summed E-state index contributed by atoms with van der Waals surface area (Å²) in [6.45, 7) is 5.27. The van der Waals surface area contributed by atoms with Crippen LogP contribution in [0.3, 0.4) is 0 Å². The van der Waals surface area contributed by atoms with Crippen molar-refractivity contribution in [3.05, 3.63) is 35.4 Å². The average Bonchev–Trinajstić information content (AvgIpc) is 3.25. The lowest BCUT2D eigenvalue weighted by atomic mass is 9.77. The molecule has 2 saturated heterocycles. The van der Waals surface area contributed by atoms with E-state index in [1.165, 1.54) is 19.2 Å². The number of likely N-dealkylation sites (tertiary alicyclic amines) is 1. The molecule has 11 nitrogen and oxygen atoms in total. The number of methoxy groups -OCH3 is 1. The van der Waals surface area contributed by atoms with Crippen molar-refractivity contribution in [2.45, 2.75) is 50.7 Å². The number of primary amides is 1. The van der Waals surface area contributed by atoms with Gasteiger partial charge in [-0.15, -0.1) is 0 Å². The number of aliphatic carboxylic acids is 1. The molecule has 1 aromatic carbocycles. The molecule has 2 fully saturated rings. The molecule has 0 aliphatic carbocycles. The van der Waals surface area contributed by atoms with Crippen LogP contribution in [0.5, 0.6) is 0 Å². The largest absolute Gasteiger partial charge is 0.480 e. The molecule has 0 spiro atoms. The van der Waals surface area contributed by atoms with Crippen LogP contribution in [-0.4, -0.2) is 64.5 Å². The molecular formula is C23H30N4O7. The highest BCUT2D eigenvalue weighted by Crippen LogP contribution is 2.51. The van der Waals surface area contributed by atoms with Gasteiger partial charge in [0.25, 0.3) is 0 Å². The fraction of sp³-hybridized carbons (Fsp3) is 0.522. The van der Waals surface area contributed by atoms with Crippen molar-refractivity contribution in [3.8, 4) is 0 Å². The minimum Gasteiger partial charge on any atom is -0.480 e. The molecule has 2 heterocycles. The number of esters is 1. The number of carbonyl (C=O) groups is 5. The van der Waals surface area contributed by atoms with Gasteiger partial charge in [-0.3, -0.25) is 24.6 Å². The van der Waals surface area contributed by atoms with Crippen LogP contribution in [0, 0.1) is 11.8 Å². The van der Waals surface area contributed by atoms with E-state index in [-0.39, 0.29) is 19.4 Å². The van der Waals surface area contributed by atoms with E-state index in [0.717, 1.165) is 4.90 Å². The predicted molar refractivity (Wildman–Crippen MR) is 119 cm³/mol. The van der Waals surface area contributed by atoms with E-state index in [0.29, 0.717) is 11.1 Å². The number of nitrogens with zero attached hydrogens (tertiary/aromatic N) is 1. The molecular weight excluding hydrogens is 444 g/mol. The number of hydrogen-bond acceptors (Lipinski definition) is 7. The number of imide groups is 1. The highest BCUT2D eigenvalue weighted by Gasteiger charge is 2.69. The van der Waals surface area contributed by atoms with E-state index < -0.39 is 58.7 Å². The summed E-state index contributed by atoms with van der Waals surface area (Å²) >= 11 is 0. The van der Waals surface area contributed by atoms with Gasteiger partial charge in [-0.1, -0.05) is 12.1 Å². The molecule has 0 saturated carbocycles. The smallest absolute Gasteiger partial charge is 0.337 e. The summed E-state index contributed by atoms with van der Waals surface area (Å²) in [5.41, 5.74) is 3.39. The van der Waals surface area contributed by atoms with Crippen molar-refractivity contribution >= 4 is 29.8 Å². The first-order valence-electron chi connectivity index (χ1n) is 11.0. The van der Waals surface area contributed by atoms with Crippen LogP contribution in [0.25, 0.3) is 0 Å². The first-order valence-corrected chi connectivity index (χ1v) is 11.0. The van der Waals surface area contributed by atoms with Crippen molar-refractivity contribution in [2.24, 2.45) is 17.6 Å². The first-order chi connectivity index (χ1) is 15.8. The summed E-state index contributed by atoms with van der Waals surface area (Å²) in [7, 11) is 1.26. The number of benzene rings is 1. The number of carboxylic acids is 1. The van der Waals surface area contributed by atoms with Crippen LogP contribution in [0.1, 0.15) is 55.6 Å². The van der Waals surface area contributed by atoms with Gasteiger partial charge in [-0.05, 0) is 51.3 Å². The van der Waals surface area contributed by atoms with Crippen LogP contribution in [0.4, 0.5) is 4.79 Å². The van der Waals surface area contributed by atoms with Crippen molar-refractivity contribution in [3.63, 3.8) is 0 Å². The number of nitrogens with two attached hydrogens (primary N) is 1. The molecule has 0 bridgehead atoms. The summed E-state index contributed by atoms with van der Waals surface area (Å²) in [4.78, 5) is 63.6. The lowest BCUT2D eigenvalue weighted by molar-refractivity contribution is -0.154. The maximum atomic E-state index is 13.5. The van der Waals surface area contributed by atoms with E-state index >= 15 is 0 Å². The van der Waals surface area contributed by atoms with Gasteiger partial charge in [0, 0.05) is 18.1 Å². The molecule has 184 valence electrons. The zero-order chi connectivity index (χ0) is 25.4. The van der Waals surface area contributed by atoms with Crippen LogP contribution < -0.4 is 16.4 Å². The molecule has 4 amide bonds. The first kappa shape index (κ1) is 25.2. The van der Waals surface area contributed by atoms with Crippen molar-refractivity contribution < 1.29 is 33.8 Å². The molecule has 2 aliphatic heterocycles. The highest BCUT2D eigenvalue weighted by atomic mass is 16.5. The Morgan fingerprint density at radius 1 is 1.18 bits per heavy atom. The lowest BCUT2D eigenvalue weighted by Crippen LogP contribution is -2.57. The van der Waals surface area contributed by atoms with Crippen LogP contribution in [-0.2, 0) is 19.1 Å². The van der Waals surface area contributed by atoms with E-state index in [4.69, 9.17) is 10.5 Å². The molecule has 0 radical (unpaired) electrons. The Balaban J connectivity index is 2.05. The maximum Gasteiger partial charge on any atom is 0.337 e. The minimum absolute atomic E-state index is 0.0163. The molecule has 2 aliphatic rings. The normalized spacial score (nSPS) is 26.4. The van der Waals surface area contributed by atoms with Crippen LogP contribution in [0.2, 0.25) is 0 Å². The van der Waals surface area contributed by atoms with Gasteiger partial charge in [0.15, 0.2) is 0 Å². The molecule has 0 aromatic heterocycles. The van der Waals surface area contributed by atoms with Crippen LogP contribution >= 0.6 is 0 Å². The number of hydrogen-bond donors (Lipinski definition) is 4. The lowest BCUT2D eigenvalue weighted by Gasteiger charge is -2.35. The molecule has 11 heteroatoms. The second kappa shape index (κ2) is 9.05. The number of urea groups is 1. The van der Waals surface area contributed by atoms with Gasteiger partial charge >= 0.3 is 18.0 Å². The Bertz CT molecular complexity index is 1020. The summed E-state index contributed by atoms with van der Waals surface area (Å²) in [6, 6.07) is 4.77. The predicted octanol–water partition coefficient (Wildman–Crippen LogP) is 0.789. The van der Waals surface area contributed by atoms with Gasteiger partial charge in [-0.25, -0.2) is 9.59 Å². The minimum atomic E-state index is -1.73. The fourth-order valence-corrected chi connectivity index (χ4v) is 5.01. The number of fused-ring (bicyclic) bond motifs is 1. The molecule has 5 N–H and O–H groups in total. The zero-order valence-electron chi connectivity index (χ0n) is 19.6. The summed E-state index contributed by atoms with van der Waals surface area (Å²) in [5, 5.41) is 15.8. The third-order valence-corrected chi connectivity index (χ3v) is 6.44. The van der Waals surface area contributed by atoms with Gasteiger partial charge < -0.3 is 20.9 Å². The standard InChI is InChI=1S/C23H30N4O7/c1-22(2,3)27-17(28)14-15(18(27)29)23(20(31)32,10-5-11-25-21(24)33)26-16(14)12-6-8-13(9-7-12)19(30)34-4/h6-9,14-16,26H,5,10-11H2,1-4H3,(H,31,32)(H3,24,25,33). The van der Waals surface area contributed by atoms with Gasteiger partial charge in [-0.2, -0.15) is 0 Å². The third-order valence-electron chi connectivity index (χ3n) is 6.44. The number of carbonyl (C=O) groups excluding carboxylic acids is 4. The number of carboxylic acid groups (broad SMARTS) is 1. The summed E-state index contributed by atoms with van der Waals surface area (Å²) in [6.07, 6.45) is 0.202.